The van der Waals surface area contributed by atoms with Crippen molar-refractivity contribution in [2.24, 2.45) is 4.99 Å². The van der Waals surface area contributed by atoms with Crippen LogP contribution in [0.3, 0.4) is 0 Å². The van der Waals surface area contributed by atoms with Crippen LogP contribution < -0.4 is 0 Å². The van der Waals surface area contributed by atoms with Gasteiger partial charge in [-0.25, -0.2) is 9.79 Å². The van der Waals surface area contributed by atoms with Crippen LogP contribution in [0.2, 0.25) is 5.02 Å². The first-order chi connectivity index (χ1) is 12.8. The summed E-state index contributed by atoms with van der Waals surface area (Å²) in [6.07, 6.45) is -0.507. The normalized spacial score (nSPS) is 24.7. The lowest BCUT2D eigenvalue weighted by Gasteiger charge is -2.40. The Morgan fingerprint density at radius 3 is 2.56 bits per heavy atom. The maximum Gasteiger partial charge on any atom is 0.328 e. The van der Waals surface area contributed by atoms with Crippen molar-refractivity contribution in [1.82, 2.24) is 19.6 Å². The molecule has 2 unspecified atom stereocenters. The number of guanidine groups is 1. The molecule has 3 heterocycles. The summed E-state index contributed by atoms with van der Waals surface area (Å²) in [6, 6.07) is 6.34. The first kappa shape index (κ1) is 17.9. The molecule has 4 rings (SSSR count). The molecule has 1 fully saturated rings. The average molecular weight is 388 g/mol. The zero-order valence-corrected chi connectivity index (χ0v) is 16.6. The summed E-state index contributed by atoms with van der Waals surface area (Å²) in [5.41, 5.74) is 2.90. The molecule has 0 aromatic heterocycles. The first-order valence-electron chi connectivity index (χ1n) is 8.99. The predicted octanol–water partition coefficient (Wildman–Crippen LogP) is 2.69. The second-order valence-electron chi connectivity index (χ2n) is 7.02. The van der Waals surface area contributed by atoms with Crippen molar-refractivity contribution in [3.8, 4) is 0 Å². The van der Waals surface area contributed by atoms with E-state index in [4.69, 9.17) is 16.6 Å². The number of imide groups is 1. The van der Waals surface area contributed by atoms with Gasteiger partial charge < -0.3 is 9.80 Å². The van der Waals surface area contributed by atoms with Gasteiger partial charge in [-0.2, -0.15) is 0 Å². The number of amides is 3. The zero-order valence-electron chi connectivity index (χ0n) is 15.8. The molecule has 3 aliphatic heterocycles. The molecule has 1 aromatic rings. The third-order valence-corrected chi connectivity index (χ3v) is 5.78. The highest BCUT2D eigenvalue weighted by atomic mass is 35.5. The fraction of sp³-hybridized carbons (Fsp3) is 0.421. The molecule has 0 radical (unpaired) electrons. The minimum Gasteiger partial charge on any atom is -0.315 e. The maximum absolute atomic E-state index is 13.3. The number of nitrogens with zero attached hydrogens (tertiary/aromatic N) is 5. The van der Waals surface area contributed by atoms with Crippen molar-refractivity contribution in [1.29, 1.82) is 0 Å². The van der Waals surface area contributed by atoms with Gasteiger partial charge in [0.1, 0.15) is 0 Å². The number of hydrogen-bond donors (Lipinski definition) is 0. The number of urea groups is 1. The van der Waals surface area contributed by atoms with Gasteiger partial charge in [0.05, 0.1) is 6.54 Å². The van der Waals surface area contributed by atoms with E-state index in [1.807, 2.05) is 37.8 Å². The van der Waals surface area contributed by atoms with Crippen LogP contribution in [0.4, 0.5) is 4.79 Å². The molecule has 0 bridgehead atoms. The Labute approximate surface area is 163 Å². The number of fused-ring (bicyclic) bond motifs is 3. The molecule has 2 atom stereocenters. The lowest BCUT2D eigenvalue weighted by Crippen LogP contribution is -2.64. The summed E-state index contributed by atoms with van der Waals surface area (Å²) in [5, 5.41) is 0.578. The largest absolute Gasteiger partial charge is 0.328 e. The van der Waals surface area contributed by atoms with E-state index in [2.05, 4.69) is 4.90 Å². The van der Waals surface area contributed by atoms with Gasteiger partial charge >= 0.3 is 6.03 Å². The molecule has 0 N–H and O–H groups in total. The van der Waals surface area contributed by atoms with Crippen LogP contribution in [0.5, 0.6) is 0 Å². The van der Waals surface area contributed by atoms with Crippen molar-refractivity contribution in [2.75, 3.05) is 13.6 Å². The van der Waals surface area contributed by atoms with E-state index < -0.39 is 12.2 Å². The molecule has 0 spiro atoms. The SMILES string of the molecule is CCN1C2=NC3C(C(=O)N(Cc4cccc(Cl)c4)C(=O)N3C)N2C(C)=C1C. The first-order valence-corrected chi connectivity index (χ1v) is 9.37. The van der Waals surface area contributed by atoms with Gasteiger partial charge in [-0.1, -0.05) is 23.7 Å². The molecular weight excluding hydrogens is 366 g/mol. The van der Waals surface area contributed by atoms with Crippen molar-refractivity contribution < 1.29 is 9.59 Å². The quantitative estimate of drug-likeness (QED) is 0.800. The number of halogens is 1. The van der Waals surface area contributed by atoms with Crippen molar-refractivity contribution in [2.45, 2.75) is 39.5 Å². The number of likely N-dealkylation sites (N-methyl/N-ethyl adjacent to an activating group) is 1. The molecule has 142 valence electrons. The molecule has 7 nitrogen and oxygen atoms in total. The molecule has 3 amide bonds. The minimum atomic E-state index is -0.534. The number of carbonyl (C=O) groups is 2. The van der Waals surface area contributed by atoms with Crippen LogP contribution in [-0.4, -0.2) is 63.3 Å². The summed E-state index contributed by atoms with van der Waals surface area (Å²) >= 11 is 6.06. The third-order valence-electron chi connectivity index (χ3n) is 5.55. The molecule has 0 saturated carbocycles. The lowest BCUT2D eigenvalue weighted by atomic mass is 10.1. The Morgan fingerprint density at radius 2 is 1.89 bits per heavy atom. The predicted molar refractivity (Wildman–Crippen MR) is 103 cm³/mol. The highest BCUT2D eigenvalue weighted by Gasteiger charge is 2.55. The second-order valence-corrected chi connectivity index (χ2v) is 7.46. The summed E-state index contributed by atoms with van der Waals surface area (Å²) in [4.78, 5) is 37.8. The molecule has 3 aliphatic rings. The van der Waals surface area contributed by atoms with Gasteiger partial charge in [0.25, 0.3) is 5.91 Å². The second kappa shape index (κ2) is 6.27. The van der Waals surface area contributed by atoms with E-state index in [0.29, 0.717) is 5.02 Å². The fourth-order valence-electron chi connectivity index (χ4n) is 4.02. The molecule has 1 aromatic carbocycles. The van der Waals surface area contributed by atoms with Gasteiger partial charge in [0, 0.05) is 30.0 Å². The number of carbonyl (C=O) groups excluding carboxylic acids is 2. The van der Waals surface area contributed by atoms with Crippen LogP contribution >= 0.6 is 11.6 Å². The Hall–Kier alpha value is -2.54. The Balaban J connectivity index is 1.69. The zero-order chi connectivity index (χ0) is 19.5. The lowest BCUT2D eigenvalue weighted by molar-refractivity contribution is -0.137. The Kier molecular flexibility index (Phi) is 4.14. The standard InChI is InChI=1S/C19H22ClN5O2/c1-5-23-11(2)12(3)25-15-16(21-18(23)25)22(4)19(27)24(17(15)26)10-13-7-6-8-14(20)9-13/h6-9,15-16H,5,10H2,1-4H3. The number of aliphatic imine (C=N–C) groups is 1. The topological polar surface area (TPSA) is 59.5 Å². The van der Waals surface area contributed by atoms with Gasteiger partial charge in [0.15, 0.2) is 12.2 Å². The Morgan fingerprint density at radius 1 is 1.15 bits per heavy atom. The van der Waals surface area contributed by atoms with E-state index in [-0.39, 0.29) is 18.5 Å². The van der Waals surface area contributed by atoms with Gasteiger partial charge in [-0.05, 0) is 38.5 Å². The van der Waals surface area contributed by atoms with Crippen LogP contribution in [0, 0.1) is 0 Å². The van der Waals surface area contributed by atoms with E-state index in [9.17, 15) is 9.59 Å². The van der Waals surface area contributed by atoms with Gasteiger partial charge in [-0.3, -0.25) is 14.6 Å². The Bertz CT molecular complexity index is 896. The molecule has 1 saturated heterocycles. The van der Waals surface area contributed by atoms with Crippen LogP contribution in [0.15, 0.2) is 40.7 Å². The van der Waals surface area contributed by atoms with Gasteiger partial charge in [-0.15, -0.1) is 0 Å². The van der Waals surface area contributed by atoms with Crippen molar-refractivity contribution in [3.63, 3.8) is 0 Å². The number of hydrogen-bond acceptors (Lipinski definition) is 5. The van der Waals surface area contributed by atoms with Crippen molar-refractivity contribution >= 4 is 29.5 Å². The monoisotopic (exact) mass is 387 g/mol. The smallest absolute Gasteiger partial charge is 0.315 e. The average Bonchev–Trinajstić information content (AvgIpc) is 3.13. The summed E-state index contributed by atoms with van der Waals surface area (Å²) in [6.45, 7) is 7.02. The van der Waals surface area contributed by atoms with Crippen molar-refractivity contribution in [3.05, 3.63) is 46.2 Å². The van der Waals surface area contributed by atoms with E-state index in [1.165, 1.54) is 4.90 Å². The molecule has 0 aliphatic carbocycles. The molecular formula is C19H22ClN5O2. The van der Waals surface area contributed by atoms with Crippen LogP contribution in [0.25, 0.3) is 0 Å². The van der Waals surface area contributed by atoms with Crippen LogP contribution in [-0.2, 0) is 11.3 Å². The molecule has 8 heteroatoms. The van der Waals surface area contributed by atoms with E-state index in [0.717, 1.165) is 29.5 Å². The van der Waals surface area contributed by atoms with Crippen LogP contribution in [0.1, 0.15) is 26.3 Å². The summed E-state index contributed by atoms with van der Waals surface area (Å²) < 4.78 is 0. The third kappa shape index (κ3) is 2.52. The highest BCUT2D eigenvalue weighted by molar-refractivity contribution is 6.30. The van der Waals surface area contributed by atoms with E-state index >= 15 is 0 Å². The number of rotatable bonds is 3. The summed E-state index contributed by atoms with van der Waals surface area (Å²) in [5.74, 6) is 0.520. The number of benzene rings is 1. The summed E-state index contributed by atoms with van der Waals surface area (Å²) in [7, 11) is 1.70. The maximum atomic E-state index is 13.3. The van der Waals surface area contributed by atoms with Gasteiger partial charge in [0.2, 0.25) is 5.96 Å². The fourth-order valence-corrected chi connectivity index (χ4v) is 4.24. The number of allylic oxidation sites excluding steroid dienone is 2. The minimum absolute atomic E-state index is 0.189. The highest BCUT2D eigenvalue weighted by Crippen LogP contribution is 2.37. The van der Waals surface area contributed by atoms with E-state index in [1.54, 1.807) is 24.1 Å². The molecule has 27 heavy (non-hydrogen) atoms.